The Kier molecular flexibility index (Phi) is 5.21. The minimum Gasteiger partial charge on any atom is -0.488 e. The van der Waals surface area contributed by atoms with E-state index in [0.29, 0.717) is 10.9 Å². The van der Waals surface area contributed by atoms with Crippen molar-refractivity contribution in [1.82, 2.24) is 9.55 Å². The second-order valence-electron chi connectivity index (χ2n) is 6.50. The van der Waals surface area contributed by atoms with Gasteiger partial charge in [0.1, 0.15) is 11.4 Å². The third-order valence-electron chi connectivity index (χ3n) is 4.58. The van der Waals surface area contributed by atoms with Gasteiger partial charge in [-0.15, -0.1) is 11.3 Å². The number of thioether (sulfide) groups is 1. The molecule has 0 bridgehead atoms. The Morgan fingerprint density at radius 2 is 2.22 bits per heavy atom. The van der Waals surface area contributed by atoms with Crippen LogP contribution in [-0.4, -0.2) is 33.1 Å². The second-order valence-corrected chi connectivity index (χ2v) is 8.57. The summed E-state index contributed by atoms with van der Waals surface area (Å²) in [5.41, 5.74) is 1.14. The quantitative estimate of drug-likeness (QED) is 0.503. The van der Waals surface area contributed by atoms with Crippen LogP contribution in [0.2, 0.25) is 0 Å². The molecule has 8 heteroatoms. The van der Waals surface area contributed by atoms with Crippen LogP contribution in [0.3, 0.4) is 0 Å². The number of aryl methyl sites for hydroxylation is 2. The van der Waals surface area contributed by atoms with E-state index in [1.807, 2.05) is 0 Å². The third-order valence-corrected chi connectivity index (χ3v) is 6.94. The highest BCUT2D eigenvalue weighted by molar-refractivity contribution is 7.99. The average molecular weight is 407 g/mol. The number of hydrogen-bond donors (Lipinski definition) is 1. The minimum atomic E-state index is -0.810. The molecule has 1 aromatic carbocycles. The molecule has 5 nitrogen and oxygen atoms in total. The van der Waals surface area contributed by atoms with Crippen LogP contribution in [0.25, 0.3) is 10.2 Å². The van der Waals surface area contributed by atoms with Crippen LogP contribution in [-0.2, 0) is 19.9 Å². The van der Waals surface area contributed by atoms with E-state index in [2.05, 4.69) is 4.98 Å². The van der Waals surface area contributed by atoms with Crippen LogP contribution in [0, 0.1) is 5.82 Å². The Morgan fingerprint density at radius 1 is 1.41 bits per heavy atom. The molecule has 0 radical (unpaired) electrons. The highest BCUT2D eigenvalue weighted by Gasteiger charge is 2.22. The van der Waals surface area contributed by atoms with Gasteiger partial charge in [0.25, 0.3) is 5.56 Å². The standard InChI is InChI=1S/C19H19FN2O3S2/c1-22-18(24)16-12-5-4-8-15(12)27-17(16)21-19(22)26-10-11(23)9-25-14-7-3-2-6-13(14)20/h2-3,6-7,11,23H,4-5,8-10H2,1H3/t11-/m1/s1. The van der Waals surface area contributed by atoms with Crippen LogP contribution < -0.4 is 10.3 Å². The van der Waals surface area contributed by atoms with Crippen molar-refractivity contribution in [2.45, 2.75) is 30.5 Å². The zero-order valence-electron chi connectivity index (χ0n) is 14.8. The molecule has 0 saturated carbocycles. The number of ether oxygens (including phenoxy) is 1. The summed E-state index contributed by atoms with van der Waals surface area (Å²) in [7, 11) is 1.71. The van der Waals surface area contributed by atoms with Crippen molar-refractivity contribution in [3.05, 3.63) is 50.9 Å². The van der Waals surface area contributed by atoms with Gasteiger partial charge in [-0.05, 0) is 37.0 Å². The molecule has 0 amide bonds. The van der Waals surface area contributed by atoms with Crippen molar-refractivity contribution in [3.8, 4) is 5.75 Å². The van der Waals surface area contributed by atoms with Crippen LogP contribution >= 0.6 is 23.1 Å². The summed E-state index contributed by atoms with van der Waals surface area (Å²) >= 11 is 2.90. The SMILES string of the molecule is Cn1c(SC[C@H](O)COc2ccccc2F)nc2sc3c(c2c1=O)CCC3. The number of nitrogens with zero attached hydrogens (tertiary/aromatic N) is 2. The van der Waals surface area contributed by atoms with Gasteiger partial charge in [-0.3, -0.25) is 9.36 Å². The molecule has 2 heterocycles. The molecule has 0 spiro atoms. The lowest BCUT2D eigenvalue weighted by molar-refractivity contribution is 0.123. The van der Waals surface area contributed by atoms with Crippen molar-refractivity contribution in [2.75, 3.05) is 12.4 Å². The minimum absolute atomic E-state index is 0.0287. The molecule has 27 heavy (non-hydrogen) atoms. The van der Waals surface area contributed by atoms with Gasteiger partial charge in [0.05, 0.1) is 11.5 Å². The molecule has 1 aliphatic carbocycles. The van der Waals surface area contributed by atoms with Crippen molar-refractivity contribution >= 4 is 33.3 Å². The first-order valence-corrected chi connectivity index (χ1v) is 10.5. The summed E-state index contributed by atoms with van der Waals surface area (Å²) in [6.45, 7) is -0.0303. The molecule has 0 fully saturated rings. The summed E-state index contributed by atoms with van der Waals surface area (Å²) in [5.74, 6) is -0.0510. The number of benzene rings is 1. The van der Waals surface area contributed by atoms with Crippen LogP contribution in [0.15, 0.2) is 34.2 Å². The lowest BCUT2D eigenvalue weighted by Crippen LogP contribution is -2.23. The van der Waals surface area contributed by atoms with Gasteiger partial charge in [-0.25, -0.2) is 9.37 Å². The fourth-order valence-electron chi connectivity index (χ4n) is 3.20. The smallest absolute Gasteiger partial charge is 0.262 e. The first kappa shape index (κ1) is 18.5. The van der Waals surface area contributed by atoms with Gasteiger partial charge in [0.15, 0.2) is 16.7 Å². The van der Waals surface area contributed by atoms with Crippen molar-refractivity contribution < 1.29 is 14.2 Å². The topological polar surface area (TPSA) is 64.3 Å². The number of halogens is 1. The highest BCUT2D eigenvalue weighted by atomic mass is 32.2. The van der Waals surface area contributed by atoms with Gasteiger partial charge in [0.2, 0.25) is 0 Å². The van der Waals surface area contributed by atoms with Crippen molar-refractivity contribution in [2.24, 2.45) is 7.05 Å². The van der Waals surface area contributed by atoms with Gasteiger partial charge in [-0.1, -0.05) is 23.9 Å². The van der Waals surface area contributed by atoms with E-state index < -0.39 is 11.9 Å². The van der Waals surface area contributed by atoms with Gasteiger partial charge in [-0.2, -0.15) is 0 Å². The van der Waals surface area contributed by atoms with E-state index in [9.17, 15) is 14.3 Å². The maximum absolute atomic E-state index is 13.5. The van der Waals surface area contributed by atoms with Crippen molar-refractivity contribution in [3.63, 3.8) is 0 Å². The molecular weight excluding hydrogens is 387 g/mol. The second kappa shape index (κ2) is 7.61. The number of fused-ring (bicyclic) bond motifs is 3. The summed E-state index contributed by atoms with van der Waals surface area (Å²) < 4.78 is 20.4. The molecule has 142 valence electrons. The van der Waals surface area contributed by atoms with Gasteiger partial charge >= 0.3 is 0 Å². The van der Waals surface area contributed by atoms with Gasteiger partial charge < -0.3 is 9.84 Å². The Hall–Kier alpha value is -1.90. The highest BCUT2D eigenvalue weighted by Crippen LogP contribution is 2.35. The number of para-hydroxylation sites is 1. The molecule has 1 N–H and O–H groups in total. The Labute approximate surface area is 163 Å². The number of rotatable bonds is 6. The van der Waals surface area contributed by atoms with Crippen LogP contribution in [0.4, 0.5) is 4.39 Å². The fraction of sp³-hybridized carbons (Fsp3) is 0.368. The Balaban J connectivity index is 1.45. The van der Waals surface area contributed by atoms with Crippen LogP contribution in [0.1, 0.15) is 16.9 Å². The molecule has 4 rings (SSSR count). The normalized spacial score (nSPS) is 14.5. The van der Waals surface area contributed by atoms with E-state index in [0.717, 1.165) is 35.0 Å². The zero-order valence-corrected chi connectivity index (χ0v) is 16.4. The molecule has 0 aliphatic heterocycles. The maximum Gasteiger partial charge on any atom is 0.262 e. The average Bonchev–Trinajstić information content (AvgIpc) is 3.23. The molecule has 0 unspecified atom stereocenters. The molecular formula is C19H19FN2O3S2. The maximum atomic E-state index is 13.5. The van der Waals surface area contributed by atoms with E-state index in [4.69, 9.17) is 4.74 Å². The molecule has 1 atom stereocenters. The summed E-state index contributed by atoms with van der Waals surface area (Å²) in [6.07, 6.45) is 2.26. The summed E-state index contributed by atoms with van der Waals surface area (Å²) in [5, 5.41) is 11.5. The zero-order chi connectivity index (χ0) is 19.0. The van der Waals surface area contributed by atoms with Gasteiger partial charge in [0, 0.05) is 17.7 Å². The van der Waals surface area contributed by atoms with E-state index >= 15 is 0 Å². The third kappa shape index (κ3) is 3.61. The number of hydrogen-bond acceptors (Lipinski definition) is 6. The lowest BCUT2D eigenvalue weighted by Gasteiger charge is -2.13. The number of aliphatic hydroxyl groups excluding tert-OH is 1. The Bertz CT molecular complexity index is 1050. The van der Waals surface area contributed by atoms with Crippen LogP contribution in [0.5, 0.6) is 5.75 Å². The summed E-state index contributed by atoms with van der Waals surface area (Å²) in [6, 6.07) is 6.08. The first-order chi connectivity index (χ1) is 13.0. The predicted molar refractivity (Wildman–Crippen MR) is 106 cm³/mol. The van der Waals surface area contributed by atoms with E-state index in [-0.39, 0.29) is 17.9 Å². The Morgan fingerprint density at radius 3 is 3.04 bits per heavy atom. The summed E-state index contributed by atoms with van der Waals surface area (Å²) in [4.78, 5) is 19.4. The molecule has 2 aromatic heterocycles. The van der Waals surface area contributed by atoms with E-state index in [1.54, 1.807) is 35.1 Å². The number of aliphatic hydroxyl groups is 1. The fourth-order valence-corrected chi connectivity index (χ4v) is 5.38. The molecule has 1 aliphatic rings. The van der Waals surface area contributed by atoms with Crippen molar-refractivity contribution in [1.29, 1.82) is 0 Å². The predicted octanol–water partition coefficient (Wildman–Crippen LogP) is 3.15. The number of thiophene rings is 1. The van der Waals surface area contributed by atoms with E-state index in [1.165, 1.54) is 28.8 Å². The molecule has 3 aromatic rings. The lowest BCUT2D eigenvalue weighted by atomic mass is 10.2. The first-order valence-electron chi connectivity index (χ1n) is 8.74. The molecule has 0 saturated heterocycles. The number of aromatic nitrogens is 2. The monoisotopic (exact) mass is 406 g/mol. The largest absolute Gasteiger partial charge is 0.488 e.